The first kappa shape index (κ1) is 17.1. The van der Waals surface area contributed by atoms with E-state index in [1.54, 1.807) is 30.0 Å². The van der Waals surface area contributed by atoms with Crippen molar-refractivity contribution in [3.63, 3.8) is 0 Å². The third kappa shape index (κ3) is 3.71. The van der Waals surface area contributed by atoms with Gasteiger partial charge in [-0.05, 0) is 42.2 Å². The molecule has 25 heavy (non-hydrogen) atoms. The van der Waals surface area contributed by atoms with Gasteiger partial charge >= 0.3 is 0 Å². The molecule has 1 heterocycles. The van der Waals surface area contributed by atoms with Gasteiger partial charge in [0.25, 0.3) is 0 Å². The molecule has 0 radical (unpaired) electrons. The van der Waals surface area contributed by atoms with Gasteiger partial charge in [-0.3, -0.25) is 9.59 Å². The predicted octanol–water partition coefficient (Wildman–Crippen LogP) is 3.55. The van der Waals surface area contributed by atoms with Crippen molar-refractivity contribution in [1.29, 1.82) is 0 Å². The minimum absolute atomic E-state index is 0.00449. The van der Waals surface area contributed by atoms with Crippen molar-refractivity contribution in [2.24, 2.45) is 5.92 Å². The maximum atomic E-state index is 13.7. The highest BCUT2D eigenvalue weighted by atomic mass is 19.1. The molecule has 0 fully saturated rings. The molecule has 0 aromatic heterocycles. The zero-order chi connectivity index (χ0) is 18.0. The normalized spacial score (nSPS) is 14.1. The number of nitrogens with zero attached hydrogens (tertiary/aromatic N) is 1. The number of hydrogen-bond donors (Lipinski definition) is 1. The lowest BCUT2D eigenvalue weighted by molar-refractivity contribution is -0.119. The monoisotopic (exact) mass is 340 g/mol. The van der Waals surface area contributed by atoms with Crippen LogP contribution in [-0.4, -0.2) is 18.4 Å². The Kier molecular flexibility index (Phi) is 4.83. The van der Waals surface area contributed by atoms with Gasteiger partial charge in [0, 0.05) is 30.8 Å². The molecular formula is C20H21FN2O2. The van der Waals surface area contributed by atoms with Crippen LogP contribution in [0.5, 0.6) is 0 Å². The Morgan fingerprint density at radius 3 is 2.72 bits per heavy atom. The average molecular weight is 340 g/mol. The Morgan fingerprint density at radius 1 is 1.24 bits per heavy atom. The largest absolute Gasteiger partial charge is 0.326 e. The minimum Gasteiger partial charge on any atom is -0.326 e. The van der Waals surface area contributed by atoms with Gasteiger partial charge in [0.1, 0.15) is 5.82 Å². The fourth-order valence-electron chi connectivity index (χ4n) is 3.14. The van der Waals surface area contributed by atoms with Gasteiger partial charge < -0.3 is 10.2 Å². The minimum atomic E-state index is -0.367. The van der Waals surface area contributed by atoms with E-state index in [1.165, 1.54) is 13.0 Å². The lowest BCUT2D eigenvalue weighted by Gasteiger charge is -2.17. The Labute approximate surface area is 146 Å². The van der Waals surface area contributed by atoms with E-state index in [0.717, 1.165) is 17.7 Å². The number of benzene rings is 2. The number of halogens is 1. The standard InChI is InChI=1S/C20H21FN2O2/c1-13(11-16-5-3-4-6-18(16)21)20(25)22-17-8-7-15-9-10-23(14(2)24)19(15)12-17/h3-8,12-13H,9-11H2,1-2H3,(H,22,25). The van der Waals surface area contributed by atoms with Crippen LogP contribution in [0.4, 0.5) is 15.8 Å². The first-order valence-electron chi connectivity index (χ1n) is 8.41. The highest BCUT2D eigenvalue weighted by Crippen LogP contribution is 2.31. The number of rotatable bonds is 4. The van der Waals surface area contributed by atoms with Gasteiger partial charge in [0.05, 0.1) is 0 Å². The van der Waals surface area contributed by atoms with E-state index >= 15 is 0 Å². The molecular weight excluding hydrogens is 319 g/mol. The summed E-state index contributed by atoms with van der Waals surface area (Å²) in [5, 5.41) is 2.87. The summed E-state index contributed by atoms with van der Waals surface area (Å²) >= 11 is 0. The molecule has 5 heteroatoms. The SMILES string of the molecule is CC(=O)N1CCc2ccc(NC(=O)C(C)Cc3ccccc3F)cc21. The summed E-state index contributed by atoms with van der Waals surface area (Å²) in [5.74, 6) is -0.837. The second kappa shape index (κ2) is 7.05. The van der Waals surface area contributed by atoms with Crippen molar-refractivity contribution in [2.75, 3.05) is 16.8 Å². The molecule has 2 amide bonds. The summed E-state index contributed by atoms with van der Waals surface area (Å²) in [6.07, 6.45) is 1.16. The van der Waals surface area contributed by atoms with Crippen molar-refractivity contribution >= 4 is 23.2 Å². The molecule has 0 bridgehead atoms. The van der Waals surface area contributed by atoms with E-state index in [1.807, 2.05) is 18.2 Å². The Balaban J connectivity index is 1.70. The zero-order valence-electron chi connectivity index (χ0n) is 14.4. The van der Waals surface area contributed by atoms with Crippen molar-refractivity contribution in [1.82, 2.24) is 0 Å². The van der Waals surface area contributed by atoms with Crippen molar-refractivity contribution in [3.8, 4) is 0 Å². The van der Waals surface area contributed by atoms with Crippen molar-refractivity contribution in [2.45, 2.75) is 26.7 Å². The average Bonchev–Trinajstić information content (AvgIpc) is 3.00. The molecule has 1 aliphatic heterocycles. The summed E-state index contributed by atoms with van der Waals surface area (Å²) in [6, 6.07) is 12.1. The summed E-state index contributed by atoms with van der Waals surface area (Å²) in [6.45, 7) is 3.99. The molecule has 3 rings (SSSR count). The summed E-state index contributed by atoms with van der Waals surface area (Å²) < 4.78 is 13.7. The van der Waals surface area contributed by atoms with E-state index in [2.05, 4.69) is 5.32 Å². The van der Waals surface area contributed by atoms with Crippen molar-refractivity contribution < 1.29 is 14.0 Å². The Morgan fingerprint density at radius 2 is 2.00 bits per heavy atom. The topological polar surface area (TPSA) is 49.4 Å². The van der Waals surface area contributed by atoms with Crippen LogP contribution in [0.2, 0.25) is 0 Å². The van der Waals surface area contributed by atoms with E-state index in [0.29, 0.717) is 24.2 Å². The van der Waals surface area contributed by atoms with Gasteiger partial charge in [0.15, 0.2) is 0 Å². The first-order valence-corrected chi connectivity index (χ1v) is 8.41. The van der Waals surface area contributed by atoms with Crippen LogP contribution in [-0.2, 0) is 22.4 Å². The summed E-state index contributed by atoms with van der Waals surface area (Å²) in [4.78, 5) is 25.8. The van der Waals surface area contributed by atoms with Gasteiger partial charge in [-0.25, -0.2) is 4.39 Å². The predicted molar refractivity (Wildman–Crippen MR) is 96.1 cm³/mol. The van der Waals surface area contributed by atoms with E-state index in [9.17, 15) is 14.0 Å². The zero-order valence-corrected chi connectivity index (χ0v) is 14.4. The molecule has 0 saturated carbocycles. The maximum Gasteiger partial charge on any atom is 0.227 e. The molecule has 1 unspecified atom stereocenters. The third-order valence-electron chi connectivity index (χ3n) is 4.56. The number of anilines is 2. The lowest BCUT2D eigenvalue weighted by Crippen LogP contribution is -2.26. The van der Waals surface area contributed by atoms with Crippen LogP contribution in [0.1, 0.15) is 25.0 Å². The molecule has 1 aliphatic rings. The number of carbonyl (C=O) groups excluding carboxylic acids is 2. The van der Waals surface area contributed by atoms with Crippen LogP contribution in [0, 0.1) is 11.7 Å². The van der Waals surface area contributed by atoms with Gasteiger partial charge in [0.2, 0.25) is 11.8 Å². The van der Waals surface area contributed by atoms with Crippen LogP contribution in [0.15, 0.2) is 42.5 Å². The van der Waals surface area contributed by atoms with Gasteiger partial charge in [-0.15, -0.1) is 0 Å². The second-order valence-electron chi connectivity index (χ2n) is 6.45. The van der Waals surface area contributed by atoms with Crippen LogP contribution < -0.4 is 10.2 Å². The van der Waals surface area contributed by atoms with Crippen LogP contribution >= 0.6 is 0 Å². The van der Waals surface area contributed by atoms with Gasteiger partial charge in [-0.1, -0.05) is 31.2 Å². The molecule has 2 aromatic carbocycles. The fourth-order valence-corrected chi connectivity index (χ4v) is 3.14. The van der Waals surface area contributed by atoms with E-state index in [-0.39, 0.29) is 23.5 Å². The highest BCUT2D eigenvalue weighted by molar-refractivity contribution is 5.97. The Hall–Kier alpha value is -2.69. The smallest absolute Gasteiger partial charge is 0.227 e. The molecule has 0 saturated heterocycles. The highest BCUT2D eigenvalue weighted by Gasteiger charge is 2.23. The van der Waals surface area contributed by atoms with Crippen LogP contribution in [0.3, 0.4) is 0 Å². The fraction of sp³-hybridized carbons (Fsp3) is 0.300. The quantitative estimate of drug-likeness (QED) is 0.925. The molecule has 0 aliphatic carbocycles. The van der Waals surface area contributed by atoms with Gasteiger partial charge in [-0.2, -0.15) is 0 Å². The summed E-state index contributed by atoms with van der Waals surface area (Å²) in [5.41, 5.74) is 3.14. The van der Waals surface area contributed by atoms with Crippen LogP contribution in [0.25, 0.3) is 0 Å². The molecule has 0 spiro atoms. The number of carbonyl (C=O) groups is 2. The molecule has 2 aromatic rings. The maximum absolute atomic E-state index is 13.7. The lowest BCUT2D eigenvalue weighted by atomic mass is 10.00. The molecule has 130 valence electrons. The number of fused-ring (bicyclic) bond motifs is 1. The number of amides is 2. The van der Waals surface area contributed by atoms with E-state index < -0.39 is 0 Å². The van der Waals surface area contributed by atoms with E-state index in [4.69, 9.17) is 0 Å². The summed E-state index contributed by atoms with van der Waals surface area (Å²) in [7, 11) is 0. The van der Waals surface area contributed by atoms with Crippen molar-refractivity contribution in [3.05, 3.63) is 59.4 Å². The number of hydrogen-bond acceptors (Lipinski definition) is 2. The number of nitrogens with one attached hydrogen (secondary N) is 1. The Bertz CT molecular complexity index is 819. The molecule has 4 nitrogen and oxygen atoms in total. The third-order valence-corrected chi connectivity index (χ3v) is 4.56. The second-order valence-corrected chi connectivity index (χ2v) is 6.45. The first-order chi connectivity index (χ1) is 12.0. The molecule has 1 N–H and O–H groups in total. The molecule has 1 atom stereocenters.